The van der Waals surface area contributed by atoms with Crippen molar-refractivity contribution in [2.75, 3.05) is 26.6 Å². The molecule has 9 heteroatoms. The minimum atomic E-state index is -0.618. The van der Waals surface area contributed by atoms with Crippen LogP contribution in [0.5, 0.6) is 17.2 Å². The second-order valence-corrected chi connectivity index (χ2v) is 7.22. The molecular formula is C20H21N3O5S. The zero-order chi connectivity index (χ0) is 20.8. The average Bonchev–Trinajstić information content (AvgIpc) is 2.74. The Balaban J connectivity index is 1.73. The van der Waals surface area contributed by atoms with Crippen LogP contribution in [0.4, 0.5) is 11.4 Å². The van der Waals surface area contributed by atoms with Gasteiger partial charge in [0.05, 0.1) is 32.7 Å². The van der Waals surface area contributed by atoms with E-state index in [1.54, 1.807) is 56.7 Å². The lowest BCUT2D eigenvalue weighted by Gasteiger charge is -2.22. The number of methoxy groups -OCH3 is 3. The van der Waals surface area contributed by atoms with E-state index in [2.05, 4.69) is 15.6 Å². The summed E-state index contributed by atoms with van der Waals surface area (Å²) in [6, 6.07) is 12.2. The number of hydrogen-bond donors (Lipinski definition) is 2. The van der Waals surface area contributed by atoms with Crippen molar-refractivity contribution in [3.8, 4) is 17.2 Å². The van der Waals surface area contributed by atoms with Crippen molar-refractivity contribution in [2.45, 2.75) is 11.7 Å². The maximum absolute atomic E-state index is 12.7. The van der Waals surface area contributed by atoms with Crippen molar-refractivity contribution in [3.63, 3.8) is 0 Å². The Morgan fingerprint density at radius 3 is 2.41 bits per heavy atom. The summed E-state index contributed by atoms with van der Waals surface area (Å²) in [6.45, 7) is 0. The van der Waals surface area contributed by atoms with Gasteiger partial charge in [-0.2, -0.15) is 0 Å². The highest BCUT2D eigenvalue weighted by Gasteiger charge is 2.30. The van der Waals surface area contributed by atoms with Crippen molar-refractivity contribution < 1.29 is 23.8 Å². The van der Waals surface area contributed by atoms with Gasteiger partial charge in [0, 0.05) is 12.5 Å². The van der Waals surface area contributed by atoms with Crippen molar-refractivity contribution >= 4 is 40.1 Å². The number of amidine groups is 1. The summed E-state index contributed by atoms with van der Waals surface area (Å²) >= 11 is 1.20. The predicted molar refractivity (Wildman–Crippen MR) is 112 cm³/mol. The molecule has 1 fully saturated rings. The Labute approximate surface area is 172 Å². The van der Waals surface area contributed by atoms with Gasteiger partial charge in [0.1, 0.15) is 22.5 Å². The predicted octanol–water partition coefficient (Wildman–Crippen LogP) is 2.96. The number of carbonyl (C=O) groups excluding carboxylic acids is 2. The zero-order valence-electron chi connectivity index (χ0n) is 16.2. The van der Waals surface area contributed by atoms with Crippen LogP contribution < -0.4 is 24.8 Å². The van der Waals surface area contributed by atoms with E-state index in [-0.39, 0.29) is 18.2 Å². The first kappa shape index (κ1) is 20.5. The second-order valence-electron chi connectivity index (χ2n) is 6.03. The van der Waals surface area contributed by atoms with Gasteiger partial charge in [0.25, 0.3) is 0 Å². The topological polar surface area (TPSA) is 98.2 Å². The lowest BCUT2D eigenvalue weighted by Crippen LogP contribution is -2.41. The van der Waals surface area contributed by atoms with Crippen molar-refractivity contribution in [1.82, 2.24) is 5.32 Å². The molecule has 0 aromatic heterocycles. The summed E-state index contributed by atoms with van der Waals surface area (Å²) in [5, 5.41) is 5.26. The molecule has 1 aliphatic heterocycles. The summed E-state index contributed by atoms with van der Waals surface area (Å²) < 4.78 is 15.6. The van der Waals surface area contributed by atoms with Crippen LogP contribution in [0.1, 0.15) is 6.42 Å². The molecule has 0 aliphatic carbocycles. The molecule has 2 aromatic rings. The second kappa shape index (κ2) is 9.33. The minimum Gasteiger partial charge on any atom is -0.497 e. The molecule has 1 atom stereocenters. The van der Waals surface area contributed by atoms with E-state index < -0.39 is 5.25 Å². The van der Waals surface area contributed by atoms with Crippen molar-refractivity contribution in [2.24, 2.45) is 4.99 Å². The Hall–Kier alpha value is -3.20. The van der Waals surface area contributed by atoms with Gasteiger partial charge in [0.15, 0.2) is 5.17 Å². The fraction of sp³-hybridized carbons (Fsp3) is 0.250. The summed E-state index contributed by atoms with van der Waals surface area (Å²) in [4.78, 5) is 29.2. The molecule has 2 aromatic carbocycles. The molecule has 29 heavy (non-hydrogen) atoms. The van der Waals surface area contributed by atoms with Crippen LogP contribution in [-0.2, 0) is 9.59 Å². The lowest BCUT2D eigenvalue weighted by molar-refractivity contribution is -0.123. The number of anilines is 1. The molecule has 0 spiro atoms. The molecule has 1 heterocycles. The molecule has 1 unspecified atom stereocenters. The van der Waals surface area contributed by atoms with Gasteiger partial charge in [0.2, 0.25) is 11.8 Å². The number of hydrogen-bond acceptors (Lipinski definition) is 7. The van der Waals surface area contributed by atoms with Crippen molar-refractivity contribution in [3.05, 3.63) is 42.5 Å². The molecule has 1 saturated heterocycles. The quantitative estimate of drug-likeness (QED) is 0.753. The van der Waals surface area contributed by atoms with E-state index >= 15 is 0 Å². The van der Waals surface area contributed by atoms with Crippen LogP contribution in [0.3, 0.4) is 0 Å². The number of thioether (sulfide) groups is 1. The number of amides is 2. The Morgan fingerprint density at radius 1 is 1.07 bits per heavy atom. The summed E-state index contributed by atoms with van der Waals surface area (Å²) in [7, 11) is 4.64. The van der Waals surface area contributed by atoms with E-state index in [1.165, 1.54) is 18.9 Å². The smallest absolute Gasteiger partial charge is 0.238 e. The number of benzene rings is 2. The number of nitrogens with zero attached hydrogens (tertiary/aromatic N) is 1. The van der Waals surface area contributed by atoms with Gasteiger partial charge >= 0.3 is 0 Å². The van der Waals surface area contributed by atoms with Gasteiger partial charge < -0.3 is 24.8 Å². The highest BCUT2D eigenvalue weighted by molar-refractivity contribution is 8.15. The number of nitrogens with one attached hydrogen (secondary N) is 2. The van der Waals surface area contributed by atoms with Gasteiger partial charge in [-0.25, -0.2) is 4.99 Å². The zero-order valence-corrected chi connectivity index (χ0v) is 17.0. The Bertz CT molecular complexity index is 930. The van der Waals surface area contributed by atoms with Crippen molar-refractivity contribution in [1.29, 1.82) is 0 Å². The number of aliphatic imine (C=N–C) groups is 1. The Morgan fingerprint density at radius 2 is 1.76 bits per heavy atom. The van der Waals surface area contributed by atoms with Crippen LogP contribution in [-0.4, -0.2) is 43.6 Å². The van der Waals surface area contributed by atoms with E-state index in [1.807, 2.05) is 0 Å². The van der Waals surface area contributed by atoms with Gasteiger partial charge in [-0.05, 0) is 36.4 Å². The molecular weight excluding hydrogens is 394 g/mol. The molecule has 3 rings (SSSR count). The highest BCUT2D eigenvalue weighted by Crippen LogP contribution is 2.31. The molecule has 0 bridgehead atoms. The van der Waals surface area contributed by atoms with E-state index in [0.29, 0.717) is 33.8 Å². The molecule has 0 radical (unpaired) electrons. The normalized spacial score (nSPS) is 17.4. The first-order valence-electron chi connectivity index (χ1n) is 8.74. The van der Waals surface area contributed by atoms with Crippen LogP contribution in [0.2, 0.25) is 0 Å². The molecule has 8 nitrogen and oxygen atoms in total. The van der Waals surface area contributed by atoms with Crippen LogP contribution in [0.15, 0.2) is 47.5 Å². The first-order valence-corrected chi connectivity index (χ1v) is 9.62. The molecule has 2 amide bonds. The maximum Gasteiger partial charge on any atom is 0.238 e. The summed E-state index contributed by atoms with van der Waals surface area (Å²) in [5.74, 6) is 1.21. The third-order valence-electron chi connectivity index (χ3n) is 4.13. The van der Waals surface area contributed by atoms with E-state index in [9.17, 15) is 9.59 Å². The summed E-state index contributed by atoms with van der Waals surface area (Å²) in [6.07, 6.45) is 0.0522. The first-order chi connectivity index (χ1) is 14.0. The molecule has 1 aliphatic rings. The number of rotatable bonds is 6. The fourth-order valence-corrected chi connectivity index (χ4v) is 3.64. The van der Waals surface area contributed by atoms with Crippen LogP contribution in [0.25, 0.3) is 0 Å². The van der Waals surface area contributed by atoms with E-state index in [0.717, 1.165) is 0 Å². The van der Waals surface area contributed by atoms with Gasteiger partial charge in [-0.3, -0.25) is 9.59 Å². The summed E-state index contributed by atoms with van der Waals surface area (Å²) in [5.41, 5.74) is 1.14. The molecule has 2 N–H and O–H groups in total. The van der Waals surface area contributed by atoms with E-state index in [4.69, 9.17) is 14.2 Å². The van der Waals surface area contributed by atoms with Gasteiger partial charge in [-0.15, -0.1) is 0 Å². The lowest BCUT2D eigenvalue weighted by atomic mass is 10.2. The minimum absolute atomic E-state index is 0.0522. The highest BCUT2D eigenvalue weighted by atomic mass is 32.2. The number of carbonyl (C=O) groups is 2. The Kier molecular flexibility index (Phi) is 6.61. The third-order valence-corrected chi connectivity index (χ3v) is 5.21. The van der Waals surface area contributed by atoms with Crippen LogP contribution in [0, 0.1) is 0 Å². The third kappa shape index (κ3) is 5.20. The largest absolute Gasteiger partial charge is 0.497 e. The standard InChI is InChI=1S/C20H21N3O5S/c1-26-13-6-4-12(5-7-13)21-20-23-18(24)11-17(29-20)19(25)22-15-9-8-14(27-2)10-16(15)28-3/h4-10,17H,11H2,1-3H3,(H,22,25)(H,21,23,24). The molecule has 0 saturated carbocycles. The fourth-order valence-electron chi connectivity index (χ4n) is 2.63. The van der Waals surface area contributed by atoms with Gasteiger partial charge in [-0.1, -0.05) is 11.8 Å². The van der Waals surface area contributed by atoms with Crippen LogP contribution >= 0.6 is 11.8 Å². The SMILES string of the molecule is COc1ccc(N=C2NC(=O)CC(C(=O)Nc3ccc(OC)cc3OC)S2)cc1. The average molecular weight is 415 g/mol. The monoisotopic (exact) mass is 415 g/mol. The number of ether oxygens (including phenoxy) is 3. The molecule has 152 valence electrons. The maximum atomic E-state index is 12.7.